The molecule has 0 spiro atoms. The molecule has 0 saturated carbocycles. The van der Waals surface area contributed by atoms with Gasteiger partial charge in [0.15, 0.2) is 0 Å². The number of rotatable bonds is 3. The van der Waals surface area contributed by atoms with Crippen molar-refractivity contribution in [1.82, 2.24) is 14.9 Å². The van der Waals surface area contributed by atoms with Gasteiger partial charge in [-0.25, -0.2) is 0 Å². The summed E-state index contributed by atoms with van der Waals surface area (Å²) in [6, 6.07) is 8.57. The molecule has 1 N–H and O–H groups in total. The van der Waals surface area contributed by atoms with E-state index in [-0.39, 0.29) is 6.04 Å². The zero-order valence-electron chi connectivity index (χ0n) is 8.77. The van der Waals surface area contributed by atoms with Crippen LogP contribution < -0.4 is 5.32 Å². The lowest BCUT2D eigenvalue weighted by molar-refractivity contribution is 0.667. The molecular formula is C11H13N3S. The Labute approximate surface area is 93.3 Å². The maximum Gasteiger partial charge on any atom is 0.0970 e. The SMILES string of the molecule is CNC(c1cccc(C)c1)c1csnn1. The molecule has 0 aliphatic heterocycles. The second-order valence-corrected chi connectivity index (χ2v) is 4.08. The van der Waals surface area contributed by atoms with Crippen molar-refractivity contribution in [3.8, 4) is 0 Å². The molecule has 1 heterocycles. The zero-order valence-corrected chi connectivity index (χ0v) is 9.58. The van der Waals surface area contributed by atoms with Crippen LogP contribution in [0.1, 0.15) is 22.9 Å². The highest BCUT2D eigenvalue weighted by molar-refractivity contribution is 7.03. The van der Waals surface area contributed by atoms with Crippen molar-refractivity contribution < 1.29 is 0 Å². The number of benzene rings is 1. The van der Waals surface area contributed by atoms with Crippen molar-refractivity contribution in [1.29, 1.82) is 0 Å². The summed E-state index contributed by atoms with van der Waals surface area (Å²) in [5, 5.41) is 9.33. The Morgan fingerprint density at radius 1 is 1.40 bits per heavy atom. The van der Waals surface area contributed by atoms with Crippen molar-refractivity contribution >= 4 is 11.5 Å². The molecule has 0 amide bonds. The van der Waals surface area contributed by atoms with Gasteiger partial charge in [-0.2, -0.15) is 0 Å². The number of nitrogens with zero attached hydrogens (tertiary/aromatic N) is 2. The Morgan fingerprint density at radius 3 is 2.87 bits per heavy atom. The number of aryl methyl sites for hydroxylation is 1. The summed E-state index contributed by atoms with van der Waals surface area (Å²) in [7, 11) is 1.94. The van der Waals surface area contributed by atoms with E-state index < -0.39 is 0 Å². The zero-order chi connectivity index (χ0) is 10.7. The van der Waals surface area contributed by atoms with Gasteiger partial charge in [-0.05, 0) is 31.1 Å². The summed E-state index contributed by atoms with van der Waals surface area (Å²) >= 11 is 1.38. The van der Waals surface area contributed by atoms with Crippen molar-refractivity contribution in [3.63, 3.8) is 0 Å². The van der Waals surface area contributed by atoms with E-state index >= 15 is 0 Å². The smallest absolute Gasteiger partial charge is 0.0970 e. The van der Waals surface area contributed by atoms with E-state index in [1.54, 1.807) is 0 Å². The van der Waals surface area contributed by atoms with Crippen LogP contribution in [0.5, 0.6) is 0 Å². The molecule has 0 bridgehead atoms. The van der Waals surface area contributed by atoms with Gasteiger partial charge in [-0.15, -0.1) is 5.10 Å². The lowest BCUT2D eigenvalue weighted by atomic mass is 10.0. The van der Waals surface area contributed by atoms with Gasteiger partial charge in [-0.1, -0.05) is 34.3 Å². The summed E-state index contributed by atoms with van der Waals surface area (Å²) in [5.41, 5.74) is 3.47. The Hall–Kier alpha value is -1.26. The molecule has 1 aromatic heterocycles. The average Bonchev–Trinajstić information content (AvgIpc) is 2.72. The van der Waals surface area contributed by atoms with Crippen molar-refractivity contribution in [2.75, 3.05) is 7.05 Å². The third-order valence-electron chi connectivity index (χ3n) is 2.34. The molecule has 0 radical (unpaired) electrons. The normalized spacial score (nSPS) is 12.7. The topological polar surface area (TPSA) is 37.8 Å². The van der Waals surface area contributed by atoms with Crippen LogP contribution in [0.15, 0.2) is 29.6 Å². The molecule has 0 aliphatic carbocycles. The van der Waals surface area contributed by atoms with E-state index in [0.717, 1.165) is 5.69 Å². The summed E-state index contributed by atoms with van der Waals surface area (Å²) in [5.74, 6) is 0. The van der Waals surface area contributed by atoms with Crippen LogP contribution in [-0.4, -0.2) is 16.6 Å². The lowest BCUT2D eigenvalue weighted by Gasteiger charge is -2.13. The fourth-order valence-electron chi connectivity index (χ4n) is 1.63. The van der Waals surface area contributed by atoms with Gasteiger partial charge in [0.05, 0.1) is 11.7 Å². The van der Waals surface area contributed by atoms with E-state index in [1.807, 2.05) is 12.4 Å². The third kappa shape index (κ3) is 2.22. The quantitative estimate of drug-likeness (QED) is 0.859. The number of hydrogen-bond acceptors (Lipinski definition) is 4. The first-order valence-corrected chi connectivity index (χ1v) is 5.65. The largest absolute Gasteiger partial charge is 0.308 e. The number of nitrogens with one attached hydrogen (secondary N) is 1. The van der Waals surface area contributed by atoms with Crippen LogP contribution in [0.2, 0.25) is 0 Å². The second kappa shape index (κ2) is 4.51. The Balaban J connectivity index is 2.35. The highest BCUT2D eigenvalue weighted by atomic mass is 32.1. The molecule has 0 fully saturated rings. The highest BCUT2D eigenvalue weighted by Gasteiger charge is 2.14. The number of hydrogen-bond donors (Lipinski definition) is 1. The van der Waals surface area contributed by atoms with Crippen LogP contribution in [0.25, 0.3) is 0 Å². The van der Waals surface area contributed by atoms with Crippen molar-refractivity contribution in [2.45, 2.75) is 13.0 Å². The number of aromatic nitrogens is 2. The predicted octanol–water partition coefficient (Wildman–Crippen LogP) is 2.16. The van der Waals surface area contributed by atoms with Crippen LogP contribution in [-0.2, 0) is 0 Å². The van der Waals surface area contributed by atoms with Crippen LogP contribution in [0.4, 0.5) is 0 Å². The maximum absolute atomic E-state index is 4.10. The molecule has 3 nitrogen and oxygen atoms in total. The third-order valence-corrected chi connectivity index (χ3v) is 2.86. The maximum atomic E-state index is 4.10. The molecular weight excluding hydrogens is 206 g/mol. The van der Waals surface area contributed by atoms with Crippen LogP contribution in [0, 0.1) is 6.92 Å². The van der Waals surface area contributed by atoms with Crippen LogP contribution >= 0.6 is 11.5 Å². The molecule has 1 unspecified atom stereocenters. The standard InChI is InChI=1S/C11H13N3S/c1-8-4-3-5-9(6-8)11(12-2)10-7-15-14-13-10/h3-7,11-12H,1-2H3. The fraction of sp³-hybridized carbons (Fsp3) is 0.273. The van der Waals surface area contributed by atoms with E-state index in [4.69, 9.17) is 0 Å². The Bertz CT molecular complexity index is 425. The monoisotopic (exact) mass is 219 g/mol. The van der Waals surface area contributed by atoms with Crippen molar-refractivity contribution in [3.05, 3.63) is 46.5 Å². The van der Waals surface area contributed by atoms with Gasteiger partial charge >= 0.3 is 0 Å². The van der Waals surface area contributed by atoms with E-state index in [2.05, 4.69) is 46.1 Å². The first kappa shape index (κ1) is 10.3. The average molecular weight is 219 g/mol. The Kier molecular flexibility index (Phi) is 3.08. The predicted molar refractivity (Wildman–Crippen MR) is 62.0 cm³/mol. The van der Waals surface area contributed by atoms with Gasteiger partial charge in [0.1, 0.15) is 0 Å². The fourth-order valence-corrected chi connectivity index (χ4v) is 2.11. The summed E-state index contributed by atoms with van der Waals surface area (Å²) in [6.45, 7) is 2.09. The molecule has 1 aromatic carbocycles. The van der Waals surface area contributed by atoms with Gasteiger partial charge in [0, 0.05) is 5.38 Å². The minimum Gasteiger partial charge on any atom is -0.308 e. The molecule has 4 heteroatoms. The van der Waals surface area contributed by atoms with E-state index in [0.29, 0.717) is 0 Å². The molecule has 0 saturated heterocycles. The van der Waals surface area contributed by atoms with Crippen molar-refractivity contribution in [2.24, 2.45) is 0 Å². The second-order valence-electron chi connectivity index (χ2n) is 3.47. The highest BCUT2D eigenvalue weighted by Crippen LogP contribution is 2.21. The summed E-state index contributed by atoms with van der Waals surface area (Å²) in [6.07, 6.45) is 0. The molecule has 0 aliphatic rings. The van der Waals surface area contributed by atoms with E-state index in [9.17, 15) is 0 Å². The lowest BCUT2D eigenvalue weighted by Crippen LogP contribution is -2.18. The summed E-state index contributed by atoms with van der Waals surface area (Å²) < 4.78 is 3.89. The Morgan fingerprint density at radius 2 is 2.27 bits per heavy atom. The van der Waals surface area contributed by atoms with Gasteiger partial charge in [0.25, 0.3) is 0 Å². The molecule has 78 valence electrons. The van der Waals surface area contributed by atoms with E-state index in [1.165, 1.54) is 22.7 Å². The first-order chi connectivity index (χ1) is 7.31. The van der Waals surface area contributed by atoms with Gasteiger partial charge < -0.3 is 5.32 Å². The molecule has 1 atom stereocenters. The minimum absolute atomic E-state index is 0.142. The molecule has 2 rings (SSSR count). The van der Waals surface area contributed by atoms with Gasteiger partial charge in [-0.3, -0.25) is 0 Å². The van der Waals surface area contributed by atoms with Crippen LogP contribution in [0.3, 0.4) is 0 Å². The summed E-state index contributed by atoms with van der Waals surface area (Å²) in [4.78, 5) is 0. The van der Waals surface area contributed by atoms with Gasteiger partial charge in [0.2, 0.25) is 0 Å². The minimum atomic E-state index is 0.142. The molecule has 15 heavy (non-hydrogen) atoms. The molecule has 2 aromatic rings. The first-order valence-electron chi connectivity index (χ1n) is 4.82.